The standard InChI is InChI=1S/C15H20F3N5O4S/c1-19-14(20-10-11-2-4-13(5-3-11)23(24)25)21-12-6-8-22(9-7-12)28(26,27)15(16,17)18/h2-5,12H,6-10H2,1H3,(H2,19,20,21). The molecule has 1 aromatic carbocycles. The molecule has 0 atom stereocenters. The number of non-ortho nitro benzene ring substituents is 1. The quantitative estimate of drug-likeness (QED) is 0.321. The lowest BCUT2D eigenvalue weighted by Crippen LogP contribution is -2.51. The number of nitro benzene ring substituents is 1. The highest BCUT2D eigenvalue weighted by atomic mass is 32.2. The van der Waals surface area contributed by atoms with Crippen molar-refractivity contribution in [3.63, 3.8) is 0 Å². The van der Waals surface area contributed by atoms with E-state index in [9.17, 15) is 31.7 Å². The van der Waals surface area contributed by atoms with Crippen LogP contribution in [0.4, 0.5) is 18.9 Å². The van der Waals surface area contributed by atoms with Crippen LogP contribution in [0.5, 0.6) is 0 Å². The fraction of sp³-hybridized carbons (Fsp3) is 0.533. The molecule has 156 valence electrons. The lowest BCUT2D eigenvalue weighted by molar-refractivity contribution is -0.384. The van der Waals surface area contributed by atoms with Crippen molar-refractivity contribution in [2.75, 3.05) is 20.1 Å². The average molecular weight is 423 g/mol. The van der Waals surface area contributed by atoms with Crippen molar-refractivity contribution in [3.05, 3.63) is 39.9 Å². The van der Waals surface area contributed by atoms with E-state index in [1.54, 1.807) is 12.1 Å². The Balaban J connectivity index is 1.85. The van der Waals surface area contributed by atoms with Gasteiger partial charge in [-0.05, 0) is 18.4 Å². The van der Waals surface area contributed by atoms with Crippen LogP contribution in [-0.2, 0) is 16.6 Å². The minimum absolute atomic E-state index is 0.0215. The molecule has 0 aromatic heterocycles. The number of hydrogen-bond acceptors (Lipinski definition) is 5. The van der Waals surface area contributed by atoms with Crippen molar-refractivity contribution in [1.29, 1.82) is 0 Å². The van der Waals surface area contributed by atoms with Crippen LogP contribution in [0.2, 0.25) is 0 Å². The zero-order valence-electron chi connectivity index (χ0n) is 14.9. The van der Waals surface area contributed by atoms with Gasteiger partial charge in [-0.3, -0.25) is 15.1 Å². The summed E-state index contributed by atoms with van der Waals surface area (Å²) in [6, 6.07) is 5.72. The third kappa shape index (κ3) is 5.32. The van der Waals surface area contributed by atoms with E-state index in [0.717, 1.165) is 5.56 Å². The summed E-state index contributed by atoms with van der Waals surface area (Å²) in [7, 11) is -3.78. The van der Waals surface area contributed by atoms with Gasteiger partial charge >= 0.3 is 15.5 Å². The SMILES string of the molecule is CN=C(NCc1ccc([N+](=O)[O-])cc1)NC1CCN(S(=O)(=O)C(F)(F)F)CC1. The van der Waals surface area contributed by atoms with Gasteiger partial charge < -0.3 is 10.6 Å². The lowest BCUT2D eigenvalue weighted by Gasteiger charge is -2.32. The molecule has 1 aromatic rings. The highest BCUT2D eigenvalue weighted by molar-refractivity contribution is 7.90. The van der Waals surface area contributed by atoms with E-state index < -0.39 is 20.5 Å². The molecule has 1 heterocycles. The Morgan fingerprint density at radius 2 is 1.86 bits per heavy atom. The molecule has 0 saturated carbocycles. The Labute approximate surface area is 159 Å². The van der Waals surface area contributed by atoms with Gasteiger partial charge in [-0.1, -0.05) is 12.1 Å². The first-order chi connectivity index (χ1) is 13.0. The van der Waals surface area contributed by atoms with Crippen LogP contribution in [0, 0.1) is 10.1 Å². The Bertz CT molecular complexity index is 819. The number of benzene rings is 1. The highest BCUT2D eigenvalue weighted by Gasteiger charge is 2.50. The molecule has 1 aliphatic heterocycles. The van der Waals surface area contributed by atoms with Crippen molar-refractivity contribution < 1.29 is 26.5 Å². The number of aliphatic imine (C=N–C) groups is 1. The first-order valence-electron chi connectivity index (χ1n) is 8.31. The van der Waals surface area contributed by atoms with Crippen LogP contribution in [0.15, 0.2) is 29.3 Å². The predicted octanol–water partition coefficient (Wildman–Crippen LogP) is 1.57. The van der Waals surface area contributed by atoms with Gasteiger partial charge in [-0.25, -0.2) is 8.42 Å². The Morgan fingerprint density at radius 3 is 2.32 bits per heavy atom. The maximum absolute atomic E-state index is 12.6. The summed E-state index contributed by atoms with van der Waals surface area (Å²) >= 11 is 0. The van der Waals surface area contributed by atoms with Gasteiger partial charge in [-0.2, -0.15) is 17.5 Å². The number of nitrogens with one attached hydrogen (secondary N) is 2. The van der Waals surface area contributed by atoms with Gasteiger partial charge in [0.25, 0.3) is 5.69 Å². The van der Waals surface area contributed by atoms with Crippen LogP contribution >= 0.6 is 0 Å². The topological polar surface area (TPSA) is 117 Å². The second-order valence-corrected chi connectivity index (χ2v) is 8.05. The maximum Gasteiger partial charge on any atom is 0.511 e. The summed E-state index contributed by atoms with van der Waals surface area (Å²) in [6.07, 6.45) is 0.404. The summed E-state index contributed by atoms with van der Waals surface area (Å²) in [5, 5.41) is 16.7. The first kappa shape index (κ1) is 21.9. The third-order valence-corrected chi connectivity index (χ3v) is 5.89. The Hall–Kier alpha value is -2.41. The molecule has 28 heavy (non-hydrogen) atoms. The van der Waals surface area contributed by atoms with E-state index in [4.69, 9.17) is 0 Å². The summed E-state index contributed by atoms with van der Waals surface area (Å²) in [6.45, 7) is -0.142. The molecule has 0 amide bonds. The number of nitrogens with zero attached hydrogens (tertiary/aromatic N) is 3. The van der Waals surface area contributed by atoms with Crippen LogP contribution in [0.25, 0.3) is 0 Å². The van der Waals surface area contributed by atoms with Crippen LogP contribution in [-0.4, -0.2) is 55.3 Å². The van der Waals surface area contributed by atoms with Gasteiger partial charge in [0.2, 0.25) is 0 Å². The molecule has 2 N–H and O–H groups in total. The molecule has 0 unspecified atom stereocenters. The normalized spacial score (nSPS) is 17.4. The molecule has 1 aliphatic rings. The molecule has 13 heteroatoms. The Kier molecular flexibility index (Phi) is 6.82. The smallest absolute Gasteiger partial charge is 0.354 e. The summed E-state index contributed by atoms with van der Waals surface area (Å²) in [5.41, 5.74) is -4.54. The van der Waals surface area contributed by atoms with E-state index in [1.807, 2.05) is 0 Å². The van der Waals surface area contributed by atoms with Crippen molar-refractivity contribution in [2.45, 2.75) is 30.9 Å². The highest BCUT2D eigenvalue weighted by Crippen LogP contribution is 2.28. The maximum atomic E-state index is 12.6. The van der Waals surface area contributed by atoms with E-state index in [-0.39, 0.29) is 37.7 Å². The van der Waals surface area contributed by atoms with Gasteiger partial charge in [0.05, 0.1) is 4.92 Å². The second kappa shape index (κ2) is 8.73. The number of guanidine groups is 1. The minimum atomic E-state index is -5.30. The monoisotopic (exact) mass is 423 g/mol. The predicted molar refractivity (Wildman–Crippen MR) is 96.0 cm³/mol. The van der Waals surface area contributed by atoms with Crippen LogP contribution in [0.1, 0.15) is 18.4 Å². The summed E-state index contributed by atoms with van der Waals surface area (Å²) < 4.78 is 61.1. The fourth-order valence-electron chi connectivity index (χ4n) is 2.70. The molecular weight excluding hydrogens is 403 g/mol. The molecule has 0 bridgehead atoms. The molecule has 1 saturated heterocycles. The van der Waals surface area contributed by atoms with Crippen molar-refractivity contribution >= 4 is 21.7 Å². The molecule has 0 spiro atoms. The number of rotatable bonds is 5. The number of nitro groups is 1. The zero-order chi connectivity index (χ0) is 20.9. The molecule has 2 rings (SSSR count). The minimum Gasteiger partial charge on any atom is -0.354 e. The Morgan fingerprint density at radius 1 is 1.29 bits per heavy atom. The third-order valence-electron chi connectivity index (χ3n) is 4.26. The molecule has 1 fully saturated rings. The average Bonchev–Trinajstić information content (AvgIpc) is 2.65. The largest absolute Gasteiger partial charge is 0.511 e. The zero-order valence-corrected chi connectivity index (χ0v) is 15.8. The van der Waals surface area contributed by atoms with Gasteiger partial charge in [0.1, 0.15) is 0 Å². The number of hydrogen-bond donors (Lipinski definition) is 2. The number of piperidine rings is 1. The second-order valence-electron chi connectivity index (χ2n) is 6.12. The van der Waals surface area contributed by atoms with Gasteiger partial charge in [0, 0.05) is 44.9 Å². The molecule has 9 nitrogen and oxygen atoms in total. The van der Waals surface area contributed by atoms with Crippen molar-refractivity contribution in [1.82, 2.24) is 14.9 Å². The number of alkyl halides is 3. The van der Waals surface area contributed by atoms with Crippen molar-refractivity contribution in [3.8, 4) is 0 Å². The van der Waals surface area contributed by atoms with E-state index in [2.05, 4.69) is 15.6 Å². The number of sulfonamides is 1. The van der Waals surface area contributed by atoms with Gasteiger partial charge in [0.15, 0.2) is 5.96 Å². The van der Waals surface area contributed by atoms with E-state index in [0.29, 0.717) is 16.8 Å². The molecular formula is C15H20F3N5O4S. The fourth-order valence-corrected chi connectivity index (χ4v) is 3.68. The van der Waals surface area contributed by atoms with Gasteiger partial charge in [-0.15, -0.1) is 0 Å². The van der Waals surface area contributed by atoms with E-state index >= 15 is 0 Å². The van der Waals surface area contributed by atoms with Crippen molar-refractivity contribution in [2.24, 2.45) is 4.99 Å². The summed E-state index contributed by atoms with van der Waals surface area (Å²) in [4.78, 5) is 14.2. The van der Waals surface area contributed by atoms with Crippen LogP contribution in [0.3, 0.4) is 0 Å². The number of halogens is 3. The van der Waals surface area contributed by atoms with Crippen LogP contribution < -0.4 is 10.6 Å². The summed E-state index contributed by atoms with van der Waals surface area (Å²) in [5.74, 6) is 0.399. The first-order valence-corrected chi connectivity index (χ1v) is 9.75. The van der Waals surface area contributed by atoms with E-state index in [1.165, 1.54) is 19.2 Å². The molecule has 0 radical (unpaired) electrons. The lowest BCUT2D eigenvalue weighted by atomic mass is 10.1. The molecule has 0 aliphatic carbocycles.